The van der Waals surface area contributed by atoms with Gasteiger partial charge >= 0.3 is 6.09 Å². The molecule has 1 N–H and O–H groups in total. The van der Waals surface area contributed by atoms with Gasteiger partial charge < -0.3 is 9.72 Å². The minimum absolute atomic E-state index is 0.241. The second-order valence-corrected chi connectivity index (χ2v) is 9.62. The Labute approximate surface area is 168 Å². The van der Waals surface area contributed by atoms with Gasteiger partial charge in [0, 0.05) is 21.8 Å². The summed E-state index contributed by atoms with van der Waals surface area (Å²) in [6.45, 7) is 8.34. The number of aromatic nitrogens is 2. The first-order valence-corrected chi connectivity index (χ1v) is 10.4. The number of hydrogen-bond acceptors (Lipinski definition) is 3. The zero-order chi connectivity index (χ0) is 19.3. The van der Waals surface area contributed by atoms with Crippen molar-refractivity contribution in [1.29, 1.82) is 0 Å². The van der Waals surface area contributed by atoms with E-state index in [0.717, 1.165) is 40.9 Å². The van der Waals surface area contributed by atoms with Crippen LogP contribution in [-0.2, 0) is 24.1 Å². The number of aromatic amines is 1. The van der Waals surface area contributed by atoms with E-state index >= 15 is 0 Å². The lowest BCUT2D eigenvalue weighted by Crippen LogP contribution is -2.38. The molecule has 0 radical (unpaired) electrons. The lowest BCUT2D eigenvalue weighted by molar-refractivity contribution is 0.0203. The Morgan fingerprint density at radius 2 is 2.11 bits per heavy atom. The lowest BCUT2D eigenvalue weighted by Gasteiger charge is -2.27. The molecule has 2 aliphatic carbocycles. The molecule has 2 atom stereocenters. The molecular weight excluding hydrogens is 406 g/mol. The Morgan fingerprint density at radius 1 is 1.37 bits per heavy atom. The van der Waals surface area contributed by atoms with Crippen LogP contribution in [0.15, 0.2) is 22.7 Å². The number of ether oxygens (including phenoxy) is 1. The highest BCUT2D eigenvalue weighted by Gasteiger charge is 2.42. The summed E-state index contributed by atoms with van der Waals surface area (Å²) in [5.74, 6) is 1.35. The number of carbonyl (C=O) groups is 1. The molecule has 1 fully saturated rings. The quantitative estimate of drug-likeness (QED) is 0.736. The third-order valence-electron chi connectivity index (χ3n) is 5.21. The van der Waals surface area contributed by atoms with E-state index in [4.69, 9.17) is 9.72 Å². The van der Waals surface area contributed by atoms with Gasteiger partial charge in [0.05, 0.1) is 12.2 Å². The van der Waals surface area contributed by atoms with Crippen LogP contribution in [0.1, 0.15) is 51.2 Å². The van der Waals surface area contributed by atoms with E-state index in [9.17, 15) is 4.79 Å². The van der Waals surface area contributed by atoms with Crippen molar-refractivity contribution in [3.05, 3.63) is 39.8 Å². The normalized spacial score (nSPS) is 20.6. The highest BCUT2D eigenvalue weighted by molar-refractivity contribution is 9.10. The maximum absolute atomic E-state index is 12.7. The van der Waals surface area contributed by atoms with Crippen molar-refractivity contribution in [2.75, 3.05) is 0 Å². The van der Waals surface area contributed by atoms with Crippen molar-refractivity contribution in [2.24, 2.45) is 5.92 Å². The molecule has 27 heavy (non-hydrogen) atoms. The zero-order valence-corrected chi connectivity index (χ0v) is 17.9. The number of amides is 1. The second kappa shape index (κ2) is 6.66. The van der Waals surface area contributed by atoms with Gasteiger partial charge in [0.1, 0.15) is 11.4 Å². The number of imidazole rings is 1. The van der Waals surface area contributed by atoms with Gasteiger partial charge in [-0.1, -0.05) is 28.9 Å². The van der Waals surface area contributed by atoms with E-state index in [1.54, 1.807) is 0 Å². The van der Waals surface area contributed by atoms with Crippen molar-refractivity contribution in [3.63, 3.8) is 0 Å². The van der Waals surface area contributed by atoms with Crippen LogP contribution in [0.2, 0.25) is 0 Å². The number of nitrogens with zero attached hydrogens (tertiary/aromatic N) is 2. The molecule has 144 valence electrons. The van der Waals surface area contributed by atoms with Crippen molar-refractivity contribution in [3.8, 4) is 11.3 Å². The molecule has 1 heterocycles. The van der Waals surface area contributed by atoms with Crippen molar-refractivity contribution >= 4 is 22.0 Å². The number of fused-ring (bicyclic) bond motifs is 3. The molecule has 0 spiro atoms. The number of nitrogens with one attached hydrogen (secondary N) is 1. The molecule has 2 aromatic rings. The van der Waals surface area contributed by atoms with Gasteiger partial charge in [-0.25, -0.2) is 9.78 Å². The van der Waals surface area contributed by atoms with Gasteiger partial charge in [-0.2, -0.15) is 0 Å². The van der Waals surface area contributed by atoms with Gasteiger partial charge in [-0.05, 0) is 63.6 Å². The van der Waals surface area contributed by atoms with E-state index in [0.29, 0.717) is 12.5 Å². The lowest BCUT2D eigenvalue weighted by atomic mass is 9.92. The zero-order valence-electron chi connectivity index (χ0n) is 16.3. The van der Waals surface area contributed by atoms with Crippen LogP contribution >= 0.6 is 15.9 Å². The van der Waals surface area contributed by atoms with Gasteiger partial charge in [0.2, 0.25) is 0 Å². The average Bonchev–Trinajstić information content (AvgIpc) is 3.13. The second-order valence-electron chi connectivity index (χ2n) is 8.70. The third-order valence-corrected chi connectivity index (χ3v) is 5.70. The minimum atomic E-state index is -0.498. The van der Waals surface area contributed by atoms with Gasteiger partial charge in [0.25, 0.3) is 0 Å². The molecule has 2 unspecified atom stereocenters. The summed E-state index contributed by atoms with van der Waals surface area (Å²) in [4.78, 5) is 22.9. The molecule has 0 bridgehead atoms. The van der Waals surface area contributed by atoms with Crippen molar-refractivity contribution in [2.45, 2.75) is 65.1 Å². The smallest absolute Gasteiger partial charge is 0.410 e. The third kappa shape index (κ3) is 3.91. The molecule has 1 aromatic carbocycles. The fourth-order valence-corrected chi connectivity index (χ4v) is 4.15. The van der Waals surface area contributed by atoms with E-state index in [1.165, 1.54) is 11.1 Å². The van der Waals surface area contributed by atoms with Crippen molar-refractivity contribution in [1.82, 2.24) is 14.9 Å². The monoisotopic (exact) mass is 431 g/mol. The largest absolute Gasteiger partial charge is 0.444 e. The van der Waals surface area contributed by atoms with Crippen LogP contribution in [0.25, 0.3) is 11.3 Å². The molecule has 4 rings (SSSR count). The first-order valence-electron chi connectivity index (χ1n) is 9.57. The summed E-state index contributed by atoms with van der Waals surface area (Å²) in [6.07, 6.45) is 2.71. The van der Waals surface area contributed by atoms with Crippen LogP contribution < -0.4 is 0 Å². The van der Waals surface area contributed by atoms with Crippen LogP contribution in [0.4, 0.5) is 4.79 Å². The van der Waals surface area contributed by atoms with Crippen LogP contribution in [-0.4, -0.2) is 32.6 Å². The molecule has 5 nitrogen and oxygen atoms in total. The summed E-state index contributed by atoms with van der Waals surface area (Å²) in [7, 11) is 0. The van der Waals surface area contributed by atoms with E-state index in [-0.39, 0.29) is 12.1 Å². The molecule has 1 saturated carbocycles. The number of aryl methyl sites for hydroxylation is 2. The van der Waals surface area contributed by atoms with Crippen LogP contribution in [0.3, 0.4) is 0 Å². The van der Waals surface area contributed by atoms with E-state index < -0.39 is 5.60 Å². The summed E-state index contributed by atoms with van der Waals surface area (Å²) in [5.41, 5.74) is 4.18. The molecule has 2 aliphatic rings. The molecular formula is C21H26BrN3O2. The van der Waals surface area contributed by atoms with E-state index in [2.05, 4.69) is 46.0 Å². The fraction of sp³-hybridized carbons (Fsp3) is 0.524. The summed E-state index contributed by atoms with van der Waals surface area (Å²) in [6, 6.07) is 6.59. The van der Waals surface area contributed by atoms with Gasteiger partial charge in [-0.15, -0.1) is 0 Å². The number of H-pyrrole nitrogens is 1. The van der Waals surface area contributed by atoms with Crippen LogP contribution in [0, 0.1) is 5.92 Å². The number of rotatable bonds is 3. The molecule has 1 amide bonds. The minimum Gasteiger partial charge on any atom is -0.444 e. The predicted molar refractivity (Wildman–Crippen MR) is 108 cm³/mol. The molecule has 1 aromatic heterocycles. The number of carbonyl (C=O) groups excluding carboxylic acids is 1. The summed E-state index contributed by atoms with van der Waals surface area (Å²) in [5, 5.41) is 0. The topological polar surface area (TPSA) is 58.2 Å². The molecule has 0 aliphatic heterocycles. The summed E-state index contributed by atoms with van der Waals surface area (Å²) >= 11 is 3.55. The number of halogens is 1. The highest BCUT2D eigenvalue weighted by atomic mass is 79.9. The Morgan fingerprint density at radius 3 is 2.78 bits per heavy atom. The molecule has 0 saturated heterocycles. The number of benzene rings is 1. The first kappa shape index (κ1) is 18.5. The van der Waals surface area contributed by atoms with Crippen LogP contribution in [0.5, 0.6) is 0 Å². The Kier molecular flexibility index (Phi) is 4.57. The fourth-order valence-electron chi connectivity index (χ4n) is 3.74. The van der Waals surface area contributed by atoms with Crippen molar-refractivity contribution < 1.29 is 9.53 Å². The Hall–Kier alpha value is -1.82. The maximum atomic E-state index is 12.7. The first-order chi connectivity index (χ1) is 12.7. The average molecular weight is 432 g/mol. The maximum Gasteiger partial charge on any atom is 0.410 e. The van der Waals surface area contributed by atoms with E-state index in [1.807, 2.05) is 25.7 Å². The highest BCUT2D eigenvalue weighted by Crippen LogP contribution is 2.38. The molecule has 6 heteroatoms. The summed E-state index contributed by atoms with van der Waals surface area (Å²) < 4.78 is 6.73. The Balaban J connectivity index is 1.59. The number of hydrogen-bond donors (Lipinski definition) is 1. The van der Waals surface area contributed by atoms with Gasteiger partial charge in [-0.3, -0.25) is 4.90 Å². The Bertz CT molecular complexity index is 884. The SMILES string of the molecule is CC1CC1N(Cc1nc2c([nH]1)CCc1cc(Br)ccc1-2)C(=O)OC(C)(C)C. The predicted octanol–water partition coefficient (Wildman–Crippen LogP) is 5.08. The standard InChI is InChI=1S/C21H26BrN3O2/c1-12-9-17(12)25(20(26)27-21(2,3)4)11-18-23-16-8-5-13-10-14(22)6-7-15(13)19(16)24-18/h6-7,10,12,17H,5,8-9,11H2,1-4H3,(H,23,24). The van der Waals surface area contributed by atoms with Gasteiger partial charge in [0.15, 0.2) is 0 Å².